The van der Waals surface area contributed by atoms with E-state index in [1.807, 2.05) is 0 Å². The number of hydrogen-bond donors (Lipinski definition) is 1. The van der Waals surface area contributed by atoms with Crippen LogP contribution in [0.3, 0.4) is 0 Å². The molecule has 0 saturated carbocycles. The van der Waals surface area contributed by atoms with Crippen LogP contribution in [-0.2, 0) is 11.0 Å². The van der Waals surface area contributed by atoms with Gasteiger partial charge in [0.15, 0.2) is 0 Å². The topological polar surface area (TPSA) is 37.3 Å². The van der Waals surface area contributed by atoms with Gasteiger partial charge in [-0.2, -0.15) is 13.2 Å². The molecule has 6 heteroatoms. The van der Waals surface area contributed by atoms with Crippen molar-refractivity contribution in [3.63, 3.8) is 0 Å². The van der Waals surface area contributed by atoms with Gasteiger partial charge in [-0.1, -0.05) is 12.1 Å². The molecule has 0 aromatic heterocycles. The Labute approximate surface area is 87.8 Å². The normalized spacial score (nSPS) is 12.6. The first-order chi connectivity index (χ1) is 7.30. The van der Waals surface area contributed by atoms with Gasteiger partial charge in [0.05, 0.1) is 11.6 Å². The third-order valence-corrected chi connectivity index (χ3v) is 1.74. The highest BCUT2D eigenvalue weighted by molar-refractivity contribution is 5.87. The summed E-state index contributed by atoms with van der Waals surface area (Å²) in [6, 6.07) is 3.12. The molecule has 1 aromatic carbocycles. The monoisotopic (exact) mass is 234 g/mol. The maximum atomic E-state index is 13.0. The van der Waals surface area contributed by atoms with E-state index in [0.29, 0.717) is 12.1 Å². The predicted molar refractivity (Wildman–Crippen MR) is 48.2 cm³/mol. The number of carboxylic acid groups (broad SMARTS) is 1. The zero-order valence-electron chi connectivity index (χ0n) is 7.75. The second-order valence-corrected chi connectivity index (χ2v) is 2.91. The van der Waals surface area contributed by atoms with Crippen molar-refractivity contribution in [1.82, 2.24) is 0 Å². The number of aliphatic carboxylic acids is 1. The molecule has 0 unspecified atom stereocenters. The lowest BCUT2D eigenvalue weighted by molar-refractivity contribution is -0.137. The number of benzene rings is 1. The third-order valence-electron chi connectivity index (χ3n) is 1.74. The van der Waals surface area contributed by atoms with Gasteiger partial charge in [0.1, 0.15) is 5.83 Å². The van der Waals surface area contributed by atoms with Crippen LogP contribution in [0, 0.1) is 0 Å². The summed E-state index contributed by atoms with van der Waals surface area (Å²) in [6.07, 6.45) is -4.21. The Kier molecular flexibility index (Phi) is 3.31. The Morgan fingerprint density at radius 1 is 1.19 bits per heavy atom. The maximum absolute atomic E-state index is 13.0. The molecule has 0 bridgehead atoms. The molecule has 1 rings (SSSR count). The molecule has 0 aliphatic rings. The molecular weight excluding hydrogens is 228 g/mol. The Morgan fingerprint density at radius 2 is 1.69 bits per heavy atom. The zero-order valence-corrected chi connectivity index (χ0v) is 7.75. The minimum Gasteiger partial charge on any atom is -0.478 e. The van der Waals surface area contributed by atoms with E-state index in [9.17, 15) is 22.4 Å². The van der Waals surface area contributed by atoms with Gasteiger partial charge in [-0.3, -0.25) is 0 Å². The highest BCUT2D eigenvalue weighted by Crippen LogP contribution is 2.30. The molecule has 16 heavy (non-hydrogen) atoms. The van der Waals surface area contributed by atoms with Crippen molar-refractivity contribution in [2.45, 2.75) is 6.18 Å². The molecule has 0 atom stereocenters. The minimum absolute atomic E-state index is 0.213. The molecule has 0 spiro atoms. The van der Waals surface area contributed by atoms with Gasteiger partial charge in [0, 0.05) is 5.56 Å². The number of carbonyl (C=O) groups is 1. The van der Waals surface area contributed by atoms with E-state index < -0.39 is 23.5 Å². The van der Waals surface area contributed by atoms with Crippen molar-refractivity contribution in [2.75, 3.05) is 0 Å². The first kappa shape index (κ1) is 12.2. The summed E-state index contributed by atoms with van der Waals surface area (Å²) in [5.74, 6) is -2.60. The third kappa shape index (κ3) is 3.08. The number of rotatable bonds is 2. The van der Waals surface area contributed by atoms with Gasteiger partial charge in [-0.05, 0) is 12.1 Å². The summed E-state index contributed by atoms with van der Waals surface area (Å²) in [5.41, 5.74) is -1.13. The Balaban J connectivity index is 3.00. The van der Waals surface area contributed by atoms with Crippen LogP contribution in [0.2, 0.25) is 0 Å². The van der Waals surface area contributed by atoms with Crippen LogP contribution >= 0.6 is 0 Å². The van der Waals surface area contributed by atoms with Crippen LogP contribution in [0.4, 0.5) is 17.6 Å². The smallest absolute Gasteiger partial charge is 0.416 e. The van der Waals surface area contributed by atoms with Crippen molar-refractivity contribution in [3.8, 4) is 0 Å². The van der Waals surface area contributed by atoms with Crippen LogP contribution in [0.5, 0.6) is 0 Å². The van der Waals surface area contributed by atoms with Crippen LogP contribution in [0.15, 0.2) is 30.3 Å². The van der Waals surface area contributed by atoms with E-state index in [2.05, 4.69) is 0 Å². The van der Waals surface area contributed by atoms with E-state index in [-0.39, 0.29) is 11.6 Å². The van der Waals surface area contributed by atoms with Crippen LogP contribution < -0.4 is 0 Å². The molecule has 0 aliphatic heterocycles. The Hall–Kier alpha value is -1.85. The largest absolute Gasteiger partial charge is 0.478 e. The number of carboxylic acids is 1. The fourth-order valence-corrected chi connectivity index (χ4v) is 1.01. The van der Waals surface area contributed by atoms with E-state index in [4.69, 9.17) is 5.11 Å². The summed E-state index contributed by atoms with van der Waals surface area (Å²) in [6.45, 7) is 0. The number of hydrogen-bond acceptors (Lipinski definition) is 1. The summed E-state index contributed by atoms with van der Waals surface area (Å²) in [5, 5.41) is 8.23. The fraction of sp³-hybridized carbons (Fsp3) is 0.100. The molecule has 0 radical (unpaired) electrons. The molecule has 1 N–H and O–H groups in total. The fourth-order valence-electron chi connectivity index (χ4n) is 1.01. The molecule has 2 nitrogen and oxygen atoms in total. The number of halogens is 4. The second-order valence-electron chi connectivity index (χ2n) is 2.91. The Morgan fingerprint density at radius 3 is 2.06 bits per heavy atom. The molecular formula is C10H6F4O2. The van der Waals surface area contributed by atoms with Gasteiger partial charge in [-0.15, -0.1) is 0 Å². The average Bonchev–Trinajstić information content (AvgIpc) is 2.15. The van der Waals surface area contributed by atoms with E-state index in [0.717, 1.165) is 12.1 Å². The first-order valence-electron chi connectivity index (χ1n) is 4.08. The molecule has 0 amide bonds. The highest BCUT2D eigenvalue weighted by Gasteiger charge is 2.30. The highest BCUT2D eigenvalue weighted by atomic mass is 19.4. The van der Waals surface area contributed by atoms with Crippen molar-refractivity contribution in [2.24, 2.45) is 0 Å². The summed E-state index contributed by atoms with van der Waals surface area (Å²) in [4.78, 5) is 10.1. The van der Waals surface area contributed by atoms with Crippen molar-refractivity contribution in [3.05, 3.63) is 41.5 Å². The lowest BCUT2D eigenvalue weighted by Crippen LogP contribution is -2.04. The van der Waals surface area contributed by atoms with Crippen molar-refractivity contribution in [1.29, 1.82) is 0 Å². The quantitative estimate of drug-likeness (QED) is 0.630. The van der Waals surface area contributed by atoms with Gasteiger partial charge in [-0.25, -0.2) is 9.18 Å². The standard InChI is InChI=1S/C10H6F4O2/c11-8(5-9(15)16)6-1-3-7(4-2-6)10(12,13)14/h1-5H,(H,15,16). The van der Waals surface area contributed by atoms with E-state index >= 15 is 0 Å². The lowest BCUT2D eigenvalue weighted by Gasteiger charge is -2.06. The minimum atomic E-state index is -4.49. The summed E-state index contributed by atoms with van der Waals surface area (Å²) in [7, 11) is 0. The van der Waals surface area contributed by atoms with Gasteiger partial charge >= 0.3 is 12.1 Å². The Bertz CT molecular complexity index is 417. The second kappa shape index (κ2) is 4.34. The van der Waals surface area contributed by atoms with E-state index in [1.165, 1.54) is 0 Å². The van der Waals surface area contributed by atoms with Gasteiger partial charge < -0.3 is 5.11 Å². The molecule has 0 aliphatic carbocycles. The predicted octanol–water partition coefficient (Wildman–Crippen LogP) is 3.10. The molecule has 0 saturated heterocycles. The summed E-state index contributed by atoms with van der Waals surface area (Å²) < 4.78 is 49.4. The van der Waals surface area contributed by atoms with Crippen molar-refractivity contribution < 1.29 is 27.5 Å². The molecule has 0 heterocycles. The molecule has 1 aromatic rings. The molecule has 86 valence electrons. The van der Waals surface area contributed by atoms with Crippen molar-refractivity contribution >= 4 is 11.8 Å². The number of alkyl halides is 3. The molecule has 0 fully saturated rings. The van der Waals surface area contributed by atoms with Crippen LogP contribution in [0.1, 0.15) is 11.1 Å². The van der Waals surface area contributed by atoms with Crippen LogP contribution in [-0.4, -0.2) is 11.1 Å². The summed E-state index contributed by atoms with van der Waals surface area (Å²) >= 11 is 0. The maximum Gasteiger partial charge on any atom is 0.416 e. The van der Waals surface area contributed by atoms with Crippen LogP contribution in [0.25, 0.3) is 5.83 Å². The van der Waals surface area contributed by atoms with Gasteiger partial charge in [0.2, 0.25) is 0 Å². The van der Waals surface area contributed by atoms with E-state index in [1.54, 1.807) is 0 Å². The first-order valence-corrected chi connectivity index (χ1v) is 4.08. The average molecular weight is 234 g/mol. The zero-order chi connectivity index (χ0) is 12.3. The SMILES string of the molecule is O=C(O)C=C(F)c1ccc(C(F)(F)F)cc1. The van der Waals surface area contributed by atoms with Gasteiger partial charge in [0.25, 0.3) is 0 Å². The lowest BCUT2D eigenvalue weighted by atomic mass is 10.1.